The van der Waals surface area contributed by atoms with Gasteiger partial charge in [0.25, 0.3) is 5.69 Å². The Morgan fingerprint density at radius 1 is 1.30 bits per heavy atom. The monoisotopic (exact) mass is 485 g/mol. The third-order valence-electron chi connectivity index (χ3n) is 5.14. The molecule has 0 saturated carbocycles. The normalized spacial score (nSPS) is 16.1. The van der Waals surface area contributed by atoms with Crippen molar-refractivity contribution < 1.29 is 32.4 Å². The van der Waals surface area contributed by atoms with Crippen LogP contribution in [0.25, 0.3) is 0 Å². The summed E-state index contributed by atoms with van der Waals surface area (Å²) in [6, 6.07) is 9.80. The predicted octanol–water partition coefficient (Wildman–Crippen LogP) is 4.20. The van der Waals surface area contributed by atoms with Crippen molar-refractivity contribution in [2.45, 2.75) is 19.1 Å². The van der Waals surface area contributed by atoms with Crippen LogP contribution < -0.4 is 9.64 Å². The van der Waals surface area contributed by atoms with E-state index in [-0.39, 0.29) is 18.5 Å². The maximum atomic E-state index is 13.2. The molecule has 2 amide bonds. The lowest BCUT2D eigenvalue weighted by atomic mass is 10.1. The molecular formula is C21H19ClF3N3O5. The van der Waals surface area contributed by atoms with Crippen molar-refractivity contribution in [3.8, 4) is 5.75 Å². The summed E-state index contributed by atoms with van der Waals surface area (Å²) in [5.74, 6) is -2.17. The second kappa shape index (κ2) is 9.65. The summed E-state index contributed by atoms with van der Waals surface area (Å²) in [6.45, 7) is -2.41. The minimum atomic E-state index is -4.74. The Balaban J connectivity index is 1.87. The van der Waals surface area contributed by atoms with Gasteiger partial charge in [-0.3, -0.25) is 19.7 Å². The van der Waals surface area contributed by atoms with Gasteiger partial charge in [-0.1, -0.05) is 29.8 Å². The number of anilines is 1. The molecule has 1 atom stereocenters. The molecule has 0 aliphatic carbocycles. The van der Waals surface area contributed by atoms with Crippen molar-refractivity contribution in [1.82, 2.24) is 4.90 Å². The van der Waals surface area contributed by atoms with Crippen LogP contribution in [0.15, 0.2) is 42.5 Å². The third-order valence-corrected chi connectivity index (χ3v) is 5.37. The van der Waals surface area contributed by atoms with Crippen LogP contribution in [0, 0.1) is 16.0 Å². The lowest BCUT2D eigenvalue weighted by molar-refractivity contribution is -0.385. The number of nitro benzene ring substituents is 1. The van der Waals surface area contributed by atoms with Gasteiger partial charge in [-0.25, -0.2) is 0 Å². The number of rotatable bonds is 7. The van der Waals surface area contributed by atoms with Crippen LogP contribution in [-0.2, 0) is 16.1 Å². The molecule has 176 valence electrons. The van der Waals surface area contributed by atoms with Gasteiger partial charge in [0.1, 0.15) is 12.3 Å². The van der Waals surface area contributed by atoms with E-state index in [0.717, 1.165) is 6.07 Å². The highest BCUT2D eigenvalue weighted by atomic mass is 35.5. The average molecular weight is 486 g/mol. The number of nitro groups is 1. The number of para-hydroxylation sites is 1. The molecular weight excluding hydrogens is 467 g/mol. The van der Waals surface area contributed by atoms with Gasteiger partial charge in [0.05, 0.1) is 30.2 Å². The minimum absolute atomic E-state index is 0.0437. The Morgan fingerprint density at radius 3 is 2.64 bits per heavy atom. The number of carbonyl (C=O) groups excluding carboxylic acids is 2. The zero-order valence-corrected chi connectivity index (χ0v) is 18.1. The Hall–Kier alpha value is -3.34. The fraction of sp³-hybridized carbons (Fsp3) is 0.333. The first-order chi connectivity index (χ1) is 15.5. The van der Waals surface area contributed by atoms with Crippen LogP contribution in [0.5, 0.6) is 5.75 Å². The van der Waals surface area contributed by atoms with Crippen LogP contribution in [0.3, 0.4) is 0 Å². The second-order valence-corrected chi connectivity index (χ2v) is 7.85. The van der Waals surface area contributed by atoms with Crippen LogP contribution in [0.1, 0.15) is 12.0 Å². The first-order valence-corrected chi connectivity index (χ1v) is 10.1. The Labute approximate surface area is 191 Å². The van der Waals surface area contributed by atoms with Crippen molar-refractivity contribution >= 4 is 34.8 Å². The SMILES string of the molecule is COc1ccc(Cl)cc1N1CC(C(=O)N(Cc2ccccc2[N+](=O)[O-])CC(F)(F)F)CC1=O. The van der Waals surface area contributed by atoms with Crippen molar-refractivity contribution in [2.24, 2.45) is 5.92 Å². The summed E-state index contributed by atoms with van der Waals surface area (Å²) in [5.41, 5.74) is -0.144. The largest absolute Gasteiger partial charge is 0.495 e. The van der Waals surface area contributed by atoms with Crippen molar-refractivity contribution in [1.29, 1.82) is 0 Å². The first kappa shape index (κ1) is 24.3. The van der Waals surface area contributed by atoms with Crippen LogP contribution >= 0.6 is 11.6 Å². The maximum absolute atomic E-state index is 13.2. The van der Waals surface area contributed by atoms with E-state index in [1.807, 2.05) is 0 Å². The molecule has 0 bridgehead atoms. The van der Waals surface area contributed by atoms with E-state index in [4.69, 9.17) is 16.3 Å². The summed E-state index contributed by atoms with van der Waals surface area (Å²) in [6.07, 6.45) is -5.06. The Bertz CT molecular complexity index is 1080. The van der Waals surface area contributed by atoms with Crippen molar-refractivity contribution in [3.63, 3.8) is 0 Å². The summed E-state index contributed by atoms with van der Waals surface area (Å²) >= 11 is 6.00. The van der Waals surface area contributed by atoms with Gasteiger partial charge >= 0.3 is 6.18 Å². The van der Waals surface area contributed by atoms with E-state index in [9.17, 15) is 32.9 Å². The van der Waals surface area contributed by atoms with E-state index in [2.05, 4.69) is 0 Å². The zero-order chi connectivity index (χ0) is 24.3. The highest BCUT2D eigenvalue weighted by Gasteiger charge is 2.41. The fourth-order valence-corrected chi connectivity index (χ4v) is 3.86. The van der Waals surface area contributed by atoms with Gasteiger partial charge in [0.15, 0.2) is 0 Å². The summed E-state index contributed by atoms with van der Waals surface area (Å²) < 4.78 is 44.9. The van der Waals surface area contributed by atoms with E-state index in [1.165, 1.54) is 42.3 Å². The molecule has 0 spiro atoms. The Morgan fingerprint density at radius 2 is 2.00 bits per heavy atom. The molecule has 1 heterocycles. The van der Waals surface area contributed by atoms with E-state index in [0.29, 0.717) is 21.4 Å². The quantitative estimate of drug-likeness (QED) is 0.433. The minimum Gasteiger partial charge on any atom is -0.495 e. The number of hydrogen-bond donors (Lipinski definition) is 0. The lowest BCUT2D eigenvalue weighted by Crippen LogP contribution is -2.42. The maximum Gasteiger partial charge on any atom is 0.406 e. The van der Waals surface area contributed by atoms with E-state index >= 15 is 0 Å². The molecule has 0 radical (unpaired) electrons. The lowest BCUT2D eigenvalue weighted by Gasteiger charge is -2.27. The number of amides is 2. The summed E-state index contributed by atoms with van der Waals surface area (Å²) in [4.78, 5) is 38.0. The van der Waals surface area contributed by atoms with Gasteiger partial charge < -0.3 is 14.5 Å². The number of alkyl halides is 3. The molecule has 1 aliphatic heterocycles. The molecule has 33 heavy (non-hydrogen) atoms. The Kier molecular flexibility index (Phi) is 7.11. The summed E-state index contributed by atoms with van der Waals surface area (Å²) in [5, 5.41) is 11.6. The van der Waals surface area contributed by atoms with Crippen molar-refractivity contribution in [2.75, 3.05) is 25.1 Å². The highest BCUT2D eigenvalue weighted by molar-refractivity contribution is 6.31. The van der Waals surface area contributed by atoms with Gasteiger partial charge in [-0.2, -0.15) is 13.2 Å². The van der Waals surface area contributed by atoms with Gasteiger partial charge in [0, 0.05) is 29.6 Å². The van der Waals surface area contributed by atoms with Gasteiger partial charge in [0.2, 0.25) is 11.8 Å². The van der Waals surface area contributed by atoms with E-state index < -0.39 is 47.6 Å². The molecule has 1 unspecified atom stereocenters. The molecule has 2 aromatic carbocycles. The molecule has 12 heteroatoms. The van der Waals surface area contributed by atoms with Crippen LogP contribution in [0.4, 0.5) is 24.5 Å². The standard InChI is InChI=1S/C21H19ClF3N3O5/c1-33-18-7-6-15(22)9-17(18)27-11-14(8-19(27)29)20(30)26(12-21(23,24)25)10-13-4-2-3-5-16(13)28(31)32/h2-7,9,14H,8,10-12H2,1H3. The number of halogens is 4. The summed E-state index contributed by atoms with van der Waals surface area (Å²) in [7, 11) is 1.38. The van der Waals surface area contributed by atoms with Crippen LogP contribution in [-0.4, -0.2) is 48.0 Å². The van der Waals surface area contributed by atoms with Gasteiger partial charge in [-0.15, -0.1) is 0 Å². The molecule has 0 aromatic heterocycles. The van der Waals surface area contributed by atoms with Gasteiger partial charge in [-0.05, 0) is 18.2 Å². The second-order valence-electron chi connectivity index (χ2n) is 7.42. The number of ether oxygens (including phenoxy) is 1. The van der Waals surface area contributed by atoms with Crippen LogP contribution in [0.2, 0.25) is 5.02 Å². The first-order valence-electron chi connectivity index (χ1n) is 9.72. The smallest absolute Gasteiger partial charge is 0.406 e. The molecule has 3 rings (SSSR count). The molecule has 2 aromatic rings. The topological polar surface area (TPSA) is 93.0 Å². The predicted molar refractivity (Wildman–Crippen MR) is 113 cm³/mol. The molecule has 8 nitrogen and oxygen atoms in total. The number of methoxy groups -OCH3 is 1. The van der Waals surface area contributed by atoms with E-state index in [1.54, 1.807) is 6.07 Å². The number of hydrogen-bond acceptors (Lipinski definition) is 5. The zero-order valence-electron chi connectivity index (χ0n) is 17.3. The molecule has 1 saturated heterocycles. The number of carbonyl (C=O) groups is 2. The molecule has 1 aliphatic rings. The third kappa shape index (κ3) is 5.72. The average Bonchev–Trinajstić information content (AvgIpc) is 3.13. The number of nitrogens with zero attached hydrogens (tertiary/aromatic N) is 3. The molecule has 0 N–H and O–H groups in total. The van der Waals surface area contributed by atoms with Crippen molar-refractivity contribution in [3.05, 3.63) is 63.2 Å². The highest BCUT2D eigenvalue weighted by Crippen LogP contribution is 2.36. The number of benzene rings is 2. The fourth-order valence-electron chi connectivity index (χ4n) is 3.69. The molecule has 1 fully saturated rings.